The number of nitrogens with one attached hydrogen (secondary N) is 1. The fraction of sp³-hybridized carbons (Fsp3) is 0.182. The molecule has 1 N–H and O–H groups in total. The van der Waals surface area contributed by atoms with Gasteiger partial charge in [0, 0.05) is 16.8 Å². The average molecular weight is 204 g/mol. The summed E-state index contributed by atoms with van der Waals surface area (Å²) in [4.78, 5) is 5.32. The van der Waals surface area contributed by atoms with Crippen molar-refractivity contribution in [2.24, 2.45) is 0 Å². The van der Waals surface area contributed by atoms with Crippen LogP contribution in [0.3, 0.4) is 0 Å². The number of para-hydroxylation sites is 1. The van der Waals surface area contributed by atoms with Gasteiger partial charge in [0.25, 0.3) is 0 Å². The summed E-state index contributed by atoms with van der Waals surface area (Å²) < 4.78 is 0. The molecule has 1 heterocycles. The topological polar surface area (TPSA) is 24.9 Å². The zero-order chi connectivity index (χ0) is 9.80. The van der Waals surface area contributed by atoms with Gasteiger partial charge in [-0.15, -0.1) is 11.3 Å². The van der Waals surface area contributed by atoms with Gasteiger partial charge < -0.3 is 5.32 Å². The summed E-state index contributed by atoms with van der Waals surface area (Å²) in [5, 5.41) is 3.41. The molecule has 1 aromatic heterocycles. The summed E-state index contributed by atoms with van der Waals surface area (Å²) in [5.41, 5.74) is 3.01. The second kappa shape index (κ2) is 4.24. The van der Waals surface area contributed by atoms with Crippen LogP contribution < -0.4 is 5.32 Å². The van der Waals surface area contributed by atoms with Crippen molar-refractivity contribution in [3.8, 4) is 0 Å². The highest BCUT2D eigenvalue weighted by molar-refractivity contribution is 7.09. The van der Waals surface area contributed by atoms with Crippen molar-refractivity contribution in [3.63, 3.8) is 0 Å². The Balaban J connectivity index is 2.06. The summed E-state index contributed by atoms with van der Waals surface area (Å²) in [5.74, 6) is 0. The molecule has 72 valence electrons. The van der Waals surface area contributed by atoms with Crippen molar-refractivity contribution in [3.05, 3.63) is 46.9 Å². The monoisotopic (exact) mass is 204 g/mol. The average Bonchev–Trinajstić information content (AvgIpc) is 2.72. The van der Waals surface area contributed by atoms with Gasteiger partial charge in [-0.1, -0.05) is 18.2 Å². The number of hydrogen-bond acceptors (Lipinski definition) is 3. The van der Waals surface area contributed by atoms with E-state index in [0.29, 0.717) is 6.04 Å². The molecule has 0 spiro atoms. The van der Waals surface area contributed by atoms with Gasteiger partial charge in [0.1, 0.15) is 0 Å². The van der Waals surface area contributed by atoms with Crippen LogP contribution in [0.2, 0.25) is 0 Å². The Bertz CT molecular complexity index is 369. The highest BCUT2D eigenvalue weighted by atomic mass is 32.1. The van der Waals surface area contributed by atoms with Crippen molar-refractivity contribution in [2.75, 3.05) is 5.32 Å². The molecular formula is C11H12N2S. The van der Waals surface area contributed by atoms with Crippen LogP contribution in [0, 0.1) is 0 Å². The molecule has 2 aromatic rings. The van der Waals surface area contributed by atoms with E-state index in [1.165, 1.54) is 4.88 Å². The highest BCUT2D eigenvalue weighted by Gasteiger charge is 2.05. The van der Waals surface area contributed by atoms with Crippen molar-refractivity contribution in [2.45, 2.75) is 13.0 Å². The van der Waals surface area contributed by atoms with E-state index in [-0.39, 0.29) is 0 Å². The predicted molar refractivity (Wildman–Crippen MR) is 60.6 cm³/mol. The third kappa shape index (κ3) is 2.12. The third-order valence-electron chi connectivity index (χ3n) is 2.04. The molecule has 2 nitrogen and oxygen atoms in total. The van der Waals surface area contributed by atoms with Crippen LogP contribution in [0.4, 0.5) is 5.69 Å². The van der Waals surface area contributed by atoms with Crippen LogP contribution >= 0.6 is 11.3 Å². The molecule has 0 radical (unpaired) electrons. The maximum atomic E-state index is 4.06. The van der Waals surface area contributed by atoms with E-state index < -0.39 is 0 Å². The third-order valence-corrected chi connectivity index (χ3v) is 2.99. The summed E-state index contributed by atoms with van der Waals surface area (Å²) >= 11 is 1.68. The number of hydrogen-bond donors (Lipinski definition) is 1. The van der Waals surface area contributed by atoms with Crippen molar-refractivity contribution >= 4 is 17.0 Å². The molecule has 0 aliphatic rings. The minimum atomic E-state index is 0.324. The first-order valence-electron chi connectivity index (χ1n) is 4.56. The van der Waals surface area contributed by atoms with Gasteiger partial charge in [0.15, 0.2) is 0 Å². The number of thiazole rings is 1. The van der Waals surface area contributed by atoms with Crippen LogP contribution in [-0.4, -0.2) is 4.98 Å². The maximum absolute atomic E-state index is 4.06. The molecule has 0 bridgehead atoms. The number of benzene rings is 1. The summed E-state index contributed by atoms with van der Waals surface area (Å²) in [6, 6.07) is 10.5. The Hall–Kier alpha value is -1.35. The summed E-state index contributed by atoms with van der Waals surface area (Å²) in [6.07, 6.45) is 1.91. The Labute approximate surface area is 87.6 Å². The number of nitrogens with zero attached hydrogens (tertiary/aromatic N) is 1. The molecule has 1 atom stereocenters. The molecule has 0 aliphatic heterocycles. The quantitative estimate of drug-likeness (QED) is 0.829. The lowest BCUT2D eigenvalue weighted by Gasteiger charge is -2.12. The van der Waals surface area contributed by atoms with Crippen LogP contribution in [-0.2, 0) is 0 Å². The number of aromatic nitrogens is 1. The van der Waals surface area contributed by atoms with E-state index in [4.69, 9.17) is 0 Å². The lowest BCUT2D eigenvalue weighted by atomic mass is 10.2. The van der Waals surface area contributed by atoms with Gasteiger partial charge in [-0.25, -0.2) is 0 Å². The first kappa shape index (κ1) is 9.21. The maximum Gasteiger partial charge on any atom is 0.0795 e. The first-order chi connectivity index (χ1) is 6.86. The van der Waals surface area contributed by atoms with E-state index in [2.05, 4.69) is 29.4 Å². The second-order valence-corrected chi connectivity index (χ2v) is 4.05. The molecule has 2 rings (SSSR count). The lowest BCUT2D eigenvalue weighted by molar-refractivity contribution is 0.904. The molecule has 0 fully saturated rings. The van der Waals surface area contributed by atoms with Gasteiger partial charge in [0.05, 0.1) is 11.6 Å². The van der Waals surface area contributed by atoms with Gasteiger partial charge in [-0.2, -0.15) is 0 Å². The van der Waals surface area contributed by atoms with Crippen molar-refractivity contribution in [1.29, 1.82) is 0 Å². The number of rotatable bonds is 3. The molecule has 0 amide bonds. The van der Waals surface area contributed by atoms with Crippen molar-refractivity contribution in [1.82, 2.24) is 4.98 Å². The Morgan fingerprint density at radius 3 is 2.71 bits per heavy atom. The van der Waals surface area contributed by atoms with Crippen LogP contribution in [0.5, 0.6) is 0 Å². The summed E-state index contributed by atoms with van der Waals surface area (Å²) in [7, 11) is 0. The zero-order valence-electron chi connectivity index (χ0n) is 7.97. The van der Waals surface area contributed by atoms with Gasteiger partial charge in [-0.3, -0.25) is 4.98 Å². The fourth-order valence-electron chi connectivity index (χ4n) is 1.29. The highest BCUT2D eigenvalue weighted by Crippen LogP contribution is 2.21. The molecule has 0 saturated heterocycles. The Morgan fingerprint density at radius 2 is 2.07 bits per heavy atom. The van der Waals surface area contributed by atoms with E-state index in [0.717, 1.165) is 5.69 Å². The first-order valence-corrected chi connectivity index (χ1v) is 5.44. The van der Waals surface area contributed by atoms with Crippen molar-refractivity contribution < 1.29 is 0 Å². The largest absolute Gasteiger partial charge is 0.378 e. The smallest absolute Gasteiger partial charge is 0.0795 e. The molecular weight excluding hydrogens is 192 g/mol. The van der Waals surface area contributed by atoms with E-state index in [1.807, 2.05) is 29.9 Å². The lowest BCUT2D eigenvalue weighted by Crippen LogP contribution is -2.04. The van der Waals surface area contributed by atoms with Crippen LogP contribution in [0.15, 0.2) is 42.0 Å². The van der Waals surface area contributed by atoms with E-state index in [9.17, 15) is 0 Å². The second-order valence-electron chi connectivity index (χ2n) is 3.14. The molecule has 1 aromatic carbocycles. The number of anilines is 1. The minimum Gasteiger partial charge on any atom is -0.378 e. The van der Waals surface area contributed by atoms with Gasteiger partial charge in [0.2, 0.25) is 0 Å². The molecule has 0 saturated carbocycles. The van der Waals surface area contributed by atoms with Gasteiger partial charge >= 0.3 is 0 Å². The molecule has 1 unspecified atom stereocenters. The van der Waals surface area contributed by atoms with Crippen LogP contribution in [0.1, 0.15) is 17.8 Å². The van der Waals surface area contributed by atoms with Gasteiger partial charge in [-0.05, 0) is 19.1 Å². The Morgan fingerprint density at radius 1 is 1.29 bits per heavy atom. The van der Waals surface area contributed by atoms with E-state index in [1.54, 1.807) is 11.3 Å². The molecule has 3 heteroatoms. The molecule has 0 aliphatic carbocycles. The SMILES string of the molecule is CC(Nc1ccccc1)c1cncs1. The zero-order valence-corrected chi connectivity index (χ0v) is 8.79. The van der Waals surface area contributed by atoms with E-state index >= 15 is 0 Å². The predicted octanol–water partition coefficient (Wildman–Crippen LogP) is 3.32. The molecule has 14 heavy (non-hydrogen) atoms. The minimum absolute atomic E-state index is 0.324. The summed E-state index contributed by atoms with van der Waals surface area (Å²) in [6.45, 7) is 2.14. The fourth-order valence-corrected chi connectivity index (χ4v) is 1.92. The standard InChI is InChI=1S/C11H12N2S/c1-9(11-7-12-8-14-11)13-10-5-3-2-4-6-10/h2-9,13H,1H3. The normalized spacial score (nSPS) is 12.4. The Kier molecular flexibility index (Phi) is 2.79. The van der Waals surface area contributed by atoms with Crippen LogP contribution in [0.25, 0.3) is 0 Å².